The van der Waals surface area contributed by atoms with E-state index in [1.807, 2.05) is 24.3 Å². The largest absolute Gasteiger partial charge is 0.395 e. The lowest BCUT2D eigenvalue weighted by atomic mass is 10.2. The van der Waals surface area contributed by atoms with Crippen molar-refractivity contribution in [1.82, 2.24) is 4.98 Å². The van der Waals surface area contributed by atoms with Crippen molar-refractivity contribution in [2.75, 3.05) is 11.1 Å². The van der Waals surface area contributed by atoms with Gasteiger partial charge >= 0.3 is 0 Å². The lowest BCUT2D eigenvalue weighted by molar-refractivity contribution is 0.587. The fraction of sp³-hybridized carbons (Fsp3) is 0. The van der Waals surface area contributed by atoms with Gasteiger partial charge in [-0.3, -0.25) is 4.98 Å². The van der Waals surface area contributed by atoms with E-state index in [0.717, 1.165) is 23.0 Å². The minimum Gasteiger partial charge on any atom is -0.395 e. The third-order valence-electron chi connectivity index (χ3n) is 2.98. The molecule has 0 fully saturated rings. The van der Waals surface area contributed by atoms with Gasteiger partial charge in [-0.1, -0.05) is 6.07 Å². The molecule has 0 radical (unpaired) electrons. The van der Waals surface area contributed by atoms with E-state index in [4.69, 9.17) is 5.73 Å². The van der Waals surface area contributed by atoms with E-state index < -0.39 is 11.6 Å². The molecule has 5 heteroatoms. The zero-order valence-corrected chi connectivity index (χ0v) is 10.4. The molecule has 0 unspecified atom stereocenters. The van der Waals surface area contributed by atoms with E-state index >= 15 is 0 Å². The van der Waals surface area contributed by atoms with Crippen molar-refractivity contribution in [2.24, 2.45) is 0 Å². The van der Waals surface area contributed by atoms with Crippen molar-refractivity contribution < 1.29 is 8.78 Å². The Morgan fingerprint density at radius 3 is 2.75 bits per heavy atom. The fourth-order valence-corrected chi connectivity index (χ4v) is 2.00. The summed E-state index contributed by atoms with van der Waals surface area (Å²) in [6.07, 6.45) is 1.70. The predicted molar refractivity (Wildman–Crippen MR) is 75.8 cm³/mol. The summed E-state index contributed by atoms with van der Waals surface area (Å²) in [4.78, 5) is 4.20. The summed E-state index contributed by atoms with van der Waals surface area (Å²) >= 11 is 0. The first kappa shape index (κ1) is 12.3. The molecule has 0 aliphatic heterocycles. The summed E-state index contributed by atoms with van der Waals surface area (Å²) in [5, 5.41) is 3.84. The molecule has 1 heterocycles. The average molecular weight is 271 g/mol. The summed E-state index contributed by atoms with van der Waals surface area (Å²) in [7, 11) is 0. The standard InChI is InChI=1S/C15H11F2N3/c16-10-7-12(17)15(18)14(8-10)20-11-3-4-13-9(6-11)2-1-5-19-13/h1-8,20H,18H2. The molecule has 3 rings (SSSR count). The van der Waals surface area contributed by atoms with Crippen LogP contribution in [0.15, 0.2) is 48.7 Å². The molecule has 3 aromatic rings. The van der Waals surface area contributed by atoms with E-state index in [-0.39, 0.29) is 11.4 Å². The van der Waals surface area contributed by atoms with Gasteiger partial charge in [0.15, 0.2) is 5.82 Å². The minimum absolute atomic E-state index is 0.113. The number of hydrogen-bond acceptors (Lipinski definition) is 3. The maximum Gasteiger partial charge on any atom is 0.151 e. The summed E-state index contributed by atoms with van der Waals surface area (Å²) in [5.74, 6) is -1.46. The van der Waals surface area contributed by atoms with Crippen LogP contribution in [0.1, 0.15) is 0 Å². The highest BCUT2D eigenvalue weighted by atomic mass is 19.1. The summed E-state index contributed by atoms with van der Waals surface area (Å²) in [6, 6.07) is 11.1. The second-order valence-corrected chi connectivity index (χ2v) is 4.38. The van der Waals surface area contributed by atoms with Gasteiger partial charge in [0.25, 0.3) is 0 Å². The number of nitrogens with two attached hydrogens (primary N) is 1. The van der Waals surface area contributed by atoms with E-state index in [9.17, 15) is 8.78 Å². The smallest absolute Gasteiger partial charge is 0.151 e. The van der Waals surface area contributed by atoms with Crippen LogP contribution in [0.4, 0.5) is 25.8 Å². The zero-order valence-electron chi connectivity index (χ0n) is 10.4. The molecule has 0 amide bonds. The van der Waals surface area contributed by atoms with Gasteiger partial charge < -0.3 is 11.1 Å². The van der Waals surface area contributed by atoms with E-state index in [2.05, 4.69) is 10.3 Å². The topological polar surface area (TPSA) is 50.9 Å². The van der Waals surface area contributed by atoms with Crippen LogP contribution >= 0.6 is 0 Å². The molecule has 0 bridgehead atoms. The Balaban J connectivity index is 2.01. The van der Waals surface area contributed by atoms with Gasteiger partial charge in [-0.25, -0.2) is 8.78 Å². The maximum atomic E-state index is 13.4. The molecule has 0 saturated heterocycles. The lowest BCUT2D eigenvalue weighted by Crippen LogP contribution is -2.00. The van der Waals surface area contributed by atoms with Crippen molar-refractivity contribution in [1.29, 1.82) is 0 Å². The average Bonchev–Trinajstić information content (AvgIpc) is 2.44. The van der Waals surface area contributed by atoms with Crippen molar-refractivity contribution in [3.8, 4) is 0 Å². The van der Waals surface area contributed by atoms with Crippen molar-refractivity contribution in [3.63, 3.8) is 0 Å². The molecule has 3 N–H and O–H groups in total. The monoisotopic (exact) mass is 271 g/mol. The number of halogens is 2. The van der Waals surface area contributed by atoms with Gasteiger partial charge in [0.1, 0.15) is 5.82 Å². The Bertz CT molecular complexity index is 787. The Labute approximate surface area is 114 Å². The highest BCUT2D eigenvalue weighted by Crippen LogP contribution is 2.28. The highest BCUT2D eigenvalue weighted by molar-refractivity contribution is 5.84. The number of benzene rings is 2. The Morgan fingerprint density at radius 2 is 1.90 bits per heavy atom. The molecule has 2 aromatic carbocycles. The Kier molecular flexibility index (Phi) is 2.95. The predicted octanol–water partition coefficient (Wildman–Crippen LogP) is 3.84. The SMILES string of the molecule is Nc1c(F)cc(F)cc1Nc1ccc2ncccc2c1. The molecule has 3 nitrogen and oxygen atoms in total. The van der Waals surface area contributed by atoms with E-state index in [0.29, 0.717) is 5.69 Å². The van der Waals surface area contributed by atoms with Crippen molar-refractivity contribution in [2.45, 2.75) is 0 Å². The number of aromatic nitrogens is 1. The van der Waals surface area contributed by atoms with Gasteiger partial charge in [-0.15, -0.1) is 0 Å². The number of anilines is 3. The number of hydrogen-bond donors (Lipinski definition) is 2. The van der Waals surface area contributed by atoms with Gasteiger partial charge in [0.05, 0.1) is 16.9 Å². The maximum absolute atomic E-state index is 13.4. The van der Waals surface area contributed by atoms with Gasteiger partial charge in [0, 0.05) is 23.3 Å². The number of nitrogens with zero attached hydrogens (tertiary/aromatic N) is 1. The highest BCUT2D eigenvalue weighted by Gasteiger charge is 2.08. The number of pyridine rings is 1. The lowest BCUT2D eigenvalue weighted by Gasteiger charge is -2.11. The number of rotatable bonds is 2. The third-order valence-corrected chi connectivity index (χ3v) is 2.98. The zero-order chi connectivity index (χ0) is 14.1. The summed E-state index contributed by atoms with van der Waals surface area (Å²) < 4.78 is 26.6. The summed E-state index contributed by atoms with van der Waals surface area (Å²) in [5.41, 5.74) is 7.21. The van der Waals surface area contributed by atoms with Gasteiger partial charge in [0.2, 0.25) is 0 Å². The molecule has 0 atom stereocenters. The molecule has 0 saturated carbocycles. The van der Waals surface area contributed by atoms with Crippen molar-refractivity contribution >= 4 is 28.0 Å². The van der Waals surface area contributed by atoms with Crippen LogP contribution in [0.5, 0.6) is 0 Å². The van der Waals surface area contributed by atoms with Crippen LogP contribution in [0.2, 0.25) is 0 Å². The van der Waals surface area contributed by atoms with E-state index in [1.165, 1.54) is 0 Å². The molecule has 100 valence electrons. The van der Waals surface area contributed by atoms with Gasteiger partial charge in [-0.05, 0) is 30.3 Å². The van der Waals surface area contributed by atoms with Crippen LogP contribution in [-0.4, -0.2) is 4.98 Å². The molecule has 0 spiro atoms. The second-order valence-electron chi connectivity index (χ2n) is 4.38. The molecular weight excluding hydrogens is 260 g/mol. The van der Waals surface area contributed by atoms with Crippen LogP contribution in [0, 0.1) is 11.6 Å². The number of fused-ring (bicyclic) bond motifs is 1. The number of nitrogen functional groups attached to an aromatic ring is 1. The molecular formula is C15H11F2N3. The Hall–Kier alpha value is -2.69. The fourth-order valence-electron chi connectivity index (χ4n) is 2.00. The molecule has 1 aromatic heterocycles. The third kappa shape index (κ3) is 2.25. The quantitative estimate of drug-likeness (QED) is 0.696. The number of nitrogens with one attached hydrogen (secondary N) is 1. The second kappa shape index (κ2) is 4.77. The van der Waals surface area contributed by atoms with Crippen LogP contribution in [0.3, 0.4) is 0 Å². The molecule has 0 aliphatic carbocycles. The summed E-state index contributed by atoms with van der Waals surface area (Å²) in [6.45, 7) is 0. The Morgan fingerprint density at radius 1 is 1.05 bits per heavy atom. The van der Waals surface area contributed by atoms with Crippen molar-refractivity contribution in [3.05, 3.63) is 60.3 Å². The molecule has 0 aliphatic rings. The van der Waals surface area contributed by atoms with Crippen LogP contribution in [-0.2, 0) is 0 Å². The normalized spacial score (nSPS) is 10.7. The molecule has 20 heavy (non-hydrogen) atoms. The van der Waals surface area contributed by atoms with Gasteiger partial charge in [-0.2, -0.15) is 0 Å². The first-order valence-electron chi connectivity index (χ1n) is 6.00. The first-order chi connectivity index (χ1) is 9.63. The van der Waals surface area contributed by atoms with Crippen LogP contribution < -0.4 is 11.1 Å². The van der Waals surface area contributed by atoms with Crippen LogP contribution in [0.25, 0.3) is 10.9 Å². The first-order valence-corrected chi connectivity index (χ1v) is 6.00. The minimum atomic E-state index is -0.782. The van der Waals surface area contributed by atoms with E-state index in [1.54, 1.807) is 12.3 Å².